The van der Waals surface area contributed by atoms with Gasteiger partial charge in [0.05, 0.1) is 24.4 Å². The summed E-state index contributed by atoms with van der Waals surface area (Å²) in [5.74, 6) is 0.333. The fraction of sp³-hybridized carbons (Fsp3) is 0.400. The minimum absolute atomic E-state index is 0.0522. The molecule has 2 aliphatic heterocycles. The largest absolute Gasteiger partial charge is 0.478 e. The lowest BCUT2D eigenvalue weighted by atomic mass is 9.93. The van der Waals surface area contributed by atoms with Gasteiger partial charge in [-0.2, -0.15) is 0 Å². The van der Waals surface area contributed by atoms with E-state index in [1.807, 2.05) is 19.1 Å². The van der Waals surface area contributed by atoms with E-state index >= 15 is 0 Å². The molecule has 6 heteroatoms. The van der Waals surface area contributed by atoms with Crippen molar-refractivity contribution in [3.63, 3.8) is 0 Å². The number of aromatic nitrogens is 1. The maximum Gasteiger partial charge on any atom is 0.257 e. The minimum atomic E-state index is -0.186. The molecule has 1 amide bonds. The van der Waals surface area contributed by atoms with Crippen LogP contribution in [0.3, 0.4) is 0 Å². The van der Waals surface area contributed by atoms with E-state index in [0.717, 1.165) is 31.7 Å². The number of morpholine rings is 1. The van der Waals surface area contributed by atoms with Gasteiger partial charge in [-0.1, -0.05) is 12.1 Å². The van der Waals surface area contributed by atoms with Gasteiger partial charge in [-0.25, -0.2) is 4.98 Å². The first-order valence-corrected chi connectivity index (χ1v) is 9.02. The second-order valence-corrected chi connectivity index (χ2v) is 6.92. The summed E-state index contributed by atoms with van der Waals surface area (Å²) in [6.45, 7) is 4.17. The fourth-order valence-corrected chi connectivity index (χ4v) is 3.64. The van der Waals surface area contributed by atoms with E-state index in [2.05, 4.69) is 27.8 Å². The Kier molecular flexibility index (Phi) is 4.61. The van der Waals surface area contributed by atoms with Crippen molar-refractivity contribution in [3.8, 4) is 5.88 Å². The number of carbonyl (C=O) groups is 1. The van der Waals surface area contributed by atoms with Crippen molar-refractivity contribution in [1.29, 1.82) is 0 Å². The van der Waals surface area contributed by atoms with Crippen LogP contribution in [-0.4, -0.2) is 42.3 Å². The van der Waals surface area contributed by atoms with E-state index in [0.29, 0.717) is 24.1 Å². The maximum atomic E-state index is 12.3. The maximum absolute atomic E-state index is 12.3. The molecule has 0 spiro atoms. The van der Waals surface area contributed by atoms with Crippen LogP contribution in [0.25, 0.3) is 0 Å². The van der Waals surface area contributed by atoms with Gasteiger partial charge in [0.25, 0.3) is 5.91 Å². The third-order valence-corrected chi connectivity index (χ3v) is 4.95. The molecule has 2 saturated heterocycles. The highest BCUT2D eigenvalue weighted by atomic mass is 16.5. The summed E-state index contributed by atoms with van der Waals surface area (Å²) in [6, 6.07) is 11.9. The highest BCUT2D eigenvalue weighted by Gasteiger charge is 2.45. The molecule has 2 bridgehead atoms. The molecular formula is C20H23N3O3. The molecular weight excluding hydrogens is 330 g/mol. The quantitative estimate of drug-likeness (QED) is 0.834. The van der Waals surface area contributed by atoms with Gasteiger partial charge in [-0.3, -0.25) is 4.79 Å². The zero-order valence-corrected chi connectivity index (χ0v) is 14.8. The first-order chi connectivity index (χ1) is 12.7. The lowest BCUT2D eigenvalue weighted by Gasteiger charge is -2.26. The van der Waals surface area contributed by atoms with Crippen molar-refractivity contribution in [2.75, 3.05) is 25.1 Å². The van der Waals surface area contributed by atoms with E-state index in [1.54, 1.807) is 12.1 Å². The Morgan fingerprint density at radius 2 is 2.19 bits per heavy atom. The summed E-state index contributed by atoms with van der Waals surface area (Å²) in [5.41, 5.74) is 2.43. The van der Waals surface area contributed by atoms with Crippen molar-refractivity contribution in [3.05, 3.63) is 53.7 Å². The third-order valence-electron chi connectivity index (χ3n) is 4.95. The van der Waals surface area contributed by atoms with Crippen molar-refractivity contribution in [1.82, 2.24) is 10.3 Å². The number of nitrogens with one attached hydrogen (secondary N) is 2. The van der Waals surface area contributed by atoms with Crippen LogP contribution in [0.15, 0.2) is 42.6 Å². The van der Waals surface area contributed by atoms with Crippen LogP contribution < -0.4 is 15.4 Å². The molecule has 0 saturated carbocycles. The van der Waals surface area contributed by atoms with Gasteiger partial charge >= 0.3 is 0 Å². The number of hydrogen-bond acceptors (Lipinski definition) is 5. The van der Waals surface area contributed by atoms with Gasteiger partial charge < -0.3 is 20.1 Å². The molecule has 2 aromatic rings. The van der Waals surface area contributed by atoms with Crippen molar-refractivity contribution in [2.24, 2.45) is 0 Å². The number of nitrogens with zero attached hydrogens (tertiary/aromatic N) is 1. The predicted octanol–water partition coefficient (Wildman–Crippen LogP) is 2.41. The number of anilines is 1. The number of hydrogen-bond donors (Lipinski definition) is 2. The minimum Gasteiger partial charge on any atom is -0.478 e. The molecule has 6 nitrogen and oxygen atoms in total. The molecule has 2 atom stereocenters. The van der Waals surface area contributed by atoms with Crippen LogP contribution in [0.4, 0.5) is 5.69 Å². The molecule has 2 N–H and O–H groups in total. The molecule has 0 radical (unpaired) electrons. The SMILES string of the molecule is CCOc1ccc(C(=O)Nc2ccc(CC34CNC(CO3)C4)cc2)cn1. The lowest BCUT2D eigenvalue weighted by molar-refractivity contribution is -0.00521. The molecule has 26 heavy (non-hydrogen) atoms. The number of ether oxygens (including phenoxy) is 2. The highest BCUT2D eigenvalue weighted by Crippen LogP contribution is 2.34. The zero-order valence-electron chi connectivity index (χ0n) is 14.8. The second kappa shape index (κ2) is 7.05. The van der Waals surface area contributed by atoms with Gasteiger partial charge in [0, 0.05) is 37.0 Å². The number of benzene rings is 1. The van der Waals surface area contributed by atoms with E-state index in [4.69, 9.17) is 9.47 Å². The summed E-state index contributed by atoms with van der Waals surface area (Å²) >= 11 is 0. The fourth-order valence-electron chi connectivity index (χ4n) is 3.64. The normalized spacial score (nSPS) is 23.8. The smallest absolute Gasteiger partial charge is 0.257 e. The molecule has 3 heterocycles. The Labute approximate surface area is 152 Å². The monoisotopic (exact) mass is 353 g/mol. The molecule has 0 aliphatic carbocycles. The van der Waals surface area contributed by atoms with Crippen LogP contribution in [-0.2, 0) is 11.2 Å². The van der Waals surface area contributed by atoms with Gasteiger partial charge in [-0.05, 0) is 37.1 Å². The summed E-state index contributed by atoms with van der Waals surface area (Å²) in [7, 11) is 0. The Bertz CT molecular complexity index is 766. The number of amides is 1. The third kappa shape index (κ3) is 3.57. The molecule has 2 aliphatic rings. The van der Waals surface area contributed by atoms with Crippen molar-refractivity contribution < 1.29 is 14.3 Å². The standard InChI is InChI=1S/C20H23N3O3/c1-2-25-18-8-5-15(11-21-18)19(24)23-16-6-3-14(4-7-16)9-20-10-17(12-26-20)22-13-20/h3-8,11,17,22H,2,9-10,12-13H2,1H3,(H,23,24). The Morgan fingerprint density at radius 3 is 2.77 bits per heavy atom. The van der Waals surface area contributed by atoms with Crippen LogP contribution in [0.2, 0.25) is 0 Å². The first kappa shape index (κ1) is 17.0. The topological polar surface area (TPSA) is 72.5 Å². The van der Waals surface area contributed by atoms with Crippen LogP contribution in [0, 0.1) is 0 Å². The molecule has 2 fully saturated rings. The molecule has 2 unspecified atom stereocenters. The Morgan fingerprint density at radius 1 is 1.35 bits per heavy atom. The van der Waals surface area contributed by atoms with Gasteiger partial charge in [0.1, 0.15) is 0 Å². The summed E-state index contributed by atoms with van der Waals surface area (Å²) in [4.78, 5) is 16.5. The number of rotatable bonds is 6. The molecule has 4 rings (SSSR count). The van der Waals surface area contributed by atoms with E-state index in [1.165, 1.54) is 11.8 Å². The van der Waals surface area contributed by atoms with Crippen molar-refractivity contribution in [2.45, 2.75) is 31.4 Å². The van der Waals surface area contributed by atoms with E-state index in [-0.39, 0.29) is 11.5 Å². The predicted molar refractivity (Wildman–Crippen MR) is 98.6 cm³/mol. The first-order valence-electron chi connectivity index (χ1n) is 9.02. The molecule has 1 aromatic carbocycles. The average Bonchev–Trinajstić information content (AvgIpc) is 3.25. The number of carbonyl (C=O) groups excluding carboxylic acids is 1. The summed E-state index contributed by atoms with van der Waals surface area (Å²) in [5, 5.41) is 6.39. The highest BCUT2D eigenvalue weighted by molar-refractivity contribution is 6.04. The Hall–Kier alpha value is -2.44. The number of fused-ring (bicyclic) bond motifs is 2. The van der Waals surface area contributed by atoms with Crippen LogP contribution in [0.1, 0.15) is 29.3 Å². The lowest BCUT2D eigenvalue weighted by Crippen LogP contribution is -2.40. The van der Waals surface area contributed by atoms with Gasteiger partial charge in [0.2, 0.25) is 5.88 Å². The van der Waals surface area contributed by atoms with Crippen LogP contribution in [0.5, 0.6) is 5.88 Å². The van der Waals surface area contributed by atoms with E-state index < -0.39 is 0 Å². The summed E-state index contributed by atoms with van der Waals surface area (Å²) in [6.07, 6.45) is 3.50. The van der Waals surface area contributed by atoms with Crippen LogP contribution >= 0.6 is 0 Å². The summed E-state index contributed by atoms with van der Waals surface area (Å²) < 4.78 is 11.3. The zero-order chi connectivity index (χ0) is 18.0. The van der Waals surface area contributed by atoms with Crippen molar-refractivity contribution >= 4 is 11.6 Å². The Balaban J connectivity index is 1.37. The van der Waals surface area contributed by atoms with Gasteiger partial charge in [-0.15, -0.1) is 0 Å². The second-order valence-electron chi connectivity index (χ2n) is 6.92. The molecule has 1 aromatic heterocycles. The average molecular weight is 353 g/mol. The number of pyridine rings is 1. The van der Waals surface area contributed by atoms with E-state index in [9.17, 15) is 4.79 Å². The van der Waals surface area contributed by atoms with Gasteiger partial charge in [0.15, 0.2) is 0 Å². The molecule has 136 valence electrons.